The Balaban J connectivity index is 2.40. The van der Waals surface area contributed by atoms with E-state index in [1.54, 1.807) is 6.08 Å². The van der Waals surface area contributed by atoms with Gasteiger partial charge in [-0.25, -0.2) is 0 Å². The Kier molecular flexibility index (Phi) is 5.16. The van der Waals surface area contributed by atoms with Gasteiger partial charge in [0.1, 0.15) is 12.4 Å². The van der Waals surface area contributed by atoms with E-state index in [2.05, 4.69) is 31.4 Å². The second-order valence-corrected chi connectivity index (χ2v) is 4.80. The van der Waals surface area contributed by atoms with Crippen molar-refractivity contribution >= 4 is 5.57 Å². The van der Waals surface area contributed by atoms with E-state index in [-0.39, 0.29) is 0 Å². The second kappa shape index (κ2) is 7.30. The van der Waals surface area contributed by atoms with Crippen LogP contribution < -0.4 is 4.74 Å². The average molecular weight is 276 g/mol. The lowest BCUT2D eigenvalue weighted by Gasteiger charge is -2.15. The molecule has 0 saturated heterocycles. The van der Waals surface area contributed by atoms with Crippen molar-refractivity contribution in [1.82, 2.24) is 0 Å². The first-order valence-electron chi connectivity index (χ1n) is 6.98. The second-order valence-electron chi connectivity index (χ2n) is 4.80. The van der Waals surface area contributed by atoms with Crippen molar-refractivity contribution in [1.29, 1.82) is 0 Å². The summed E-state index contributed by atoms with van der Waals surface area (Å²) in [5.41, 5.74) is 4.38. The summed E-state index contributed by atoms with van der Waals surface area (Å²) in [5, 5.41) is 0. The molecule has 0 aliphatic heterocycles. The van der Waals surface area contributed by atoms with Gasteiger partial charge in [0.05, 0.1) is 0 Å². The van der Waals surface area contributed by atoms with E-state index in [1.165, 1.54) is 5.56 Å². The third-order valence-electron chi connectivity index (χ3n) is 3.15. The molecular weight excluding hydrogens is 256 g/mol. The third-order valence-corrected chi connectivity index (χ3v) is 3.15. The van der Waals surface area contributed by atoms with Gasteiger partial charge in [0.15, 0.2) is 0 Å². The third kappa shape index (κ3) is 3.73. The van der Waals surface area contributed by atoms with Gasteiger partial charge < -0.3 is 4.74 Å². The molecule has 1 heteroatoms. The molecule has 0 aromatic heterocycles. The maximum absolute atomic E-state index is 5.87. The molecule has 2 aromatic rings. The summed E-state index contributed by atoms with van der Waals surface area (Å²) in [5.74, 6) is 0.859. The van der Waals surface area contributed by atoms with Crippen LogP contribution in [0.5, 0.6) is 5.75 Å². The van der Waals surface area contributed by atoms with Crippen LogP contribution in [0.25, 0.3) is 16.7 Å². The first-order valence-corrected chi connectivity index (χ1v) is 6.98. The van der Waals surface area contributed by atoms with Crippen molar-refractivity contribution in [3.05, 3.63) is 85.5 Å². The van der Waals surface area contributed by atoms with E-state index < -0.39 is 0 Å². The summed E-state index contributed by atoms with van der Waals surface area (Å²) in [6.45, 7) is 10.3. The van der Waals surface area contributed by atoms with Gasteiger partial charge in [0, 0.05) is 5.56 Å². The summed E-state index contributed by atoms with van der Waals surface area (Å²) in [6, 6.07) is 16.4. The fourth-order valence-corrected chi connectivity index (χ4v) is 2.24. The lowest BCUT2D eigenvalue weighted by Crippen LogP contribution is -1.98. The lowest BCUT2D eigenvalue weighted by atomic mass is 9.95. The zero-order chi connectivity index (χ0) is 15.1. The molecule has 0 spiro atoms. The molecule has 0 fully saturated rings. The topological polar surface area (TPSA) is 9.23 Å². The molecule has 0 aliphatic carbocycles. The van der Waals surface area contributed by atoms with Gasteiger partial charge in [-0.15, -0.1) is 0 Å². The van der Waals surface area contributed by atoms with Crippen LogP contribution in [0.15, 0.2) is 79.9 Å². The maximum atomic E-state index is 5.87. The van der Waals surface area contributed by atoms with Crippen LogP contribution in [0.4, 0.5) is 0 Å². The van der Waals surface area contributed by atoms with Crippen LogP contribution in [0.3, 0.4) is 0 Å². The zero-order valence-electron chi connectivity index (χ0n) is 12.4. The molecule has 0 unspecified atom stereocenters. The Hall–Kier alpha value is -2.54. The maximum Gasteiger partial charge on any atom is 0.127 e. The molecule has 0 heterocycles. The quantitative estimate of drug-likeness (QED) is 0.632. The molecule has 2 aromatic carbocycles. The highest BCUT2D eigenvalue weighted by Crippen LogP contribution is 2.35. The summed E-state index contributed by atoms with van der Waals surface area (Å²) in [4.78, 5) is 0. The van der Waals surface area contributed by atoms with Crippen molar-refractivity contribution in [3.63, 3.8) is 0 Å². The smallest absolute Gasteiger partial charge is 0.127 e. The first-order chi connectivity index (χ1) is 10.2. The van der Waals surface area contributed by atoms with Gasteiger partial charge in [0.2, 0.25) is 0 Å². The molecule has 106 valence electrons. The van der Waals surface area contributed by atoms with Crippen molar-refractivity contribution in [3.8, 4) is 16.9 Å². The molecule has 0 radical (unpaired) electrons. The van der Waals surface area contributed by atoms with Crippen LogP contribution in [-0.2, 0) is 0 Å². The van der Waals surface area contributed by atoms with Gasteiger partial charge in [-0.05, 0) is 35.8 Å². The van der Waals surface area contributed by atoms with Crippen LogP contribution in [0.1, 0.15) is 12.5 Å². The van der Waals surface area contributed by atoms with Gasteiger partial charge in [-0.1, -0.05) is 67.8 Å². The number of benzene rings is 2. The molecular formula is C20H20O. The predicted molar refractivity (Wildman–Crippen MR) is 91.4 cm³/mol. The Morgan fingerprint density at radius 1 is 1.10 bits per heavy atom. The number of allylic oxidation sites excluding steroid dienone is 3. The molecule has 0 N–H and O–H groups in total. The summed E-state index contributed by atoms with van der Waals surface area (Å²) >= 11 is 0. The van der Waals surface area contributed by atoms with E-state index in [0.29, 0.717) is 6.61 Å². The van der Waals surface area contributed by atoms with Crippen molar-refractivity contribution in [2.75, 3.05) is 6.61 Å². The Morgan fingerprint density at radius 3 is 2.52 bits per heavy atom. The fraction of sp³-hybridized carbons (Fsp3) is 0.100. The molecule has 0 saturated carbocycles. The summed E-state index contributed by atoms with van der Waals surface area (Å²) in [7, 11) is 0. The Labute approximate surface area is 126 Å². The van der Waals surface area contributed by atoms with Gasteiger partial charge in [-0.2, -0.15) is 0 Å². The number of ether oxygens (including phenoxy) is 1. The minimum Gasteiger partial charge on any atom is -0.489 e. The highest BCUT2D eigenvalue weighted by Gasteiger charge is 2.11. The van der Waals surface area contributed by atoms with E-state index >= 15 is 0 Å². The molecule has 0 amide bonds. The van der Waals surface area contributed by atoms with Crippen molar-refractivity contribution < 1.29 is 4.74 Å². The first kappa shape index (κ1) is 14.9. The molecule has 2 rings (SSSR count). The van der Waals surface area contributed by atoms with Gasteiger partial charge in [0.25, 0.3) is 0 Å². The lowest BCUT2D eigenvalue weighted by molar-refractivity contribution is 0.362. The molecule has 0 bridgehead atoms. The van der Waals surface area contributed by atoms with Gasteiger partial charge in [-0.3, -0.25) is 0 Å². The number of hydrogen-bond donors (Lipinski definition) is 0. The van der Waals surface area contributed by atoms with Crippen LogP contribution in [-0.4, -0.2) is 6.61 Å². The fourth-order valence-electron chi connectivity index (χ4n) is 2.24. The molecule has 0 aliphatic rings. The minimum absolute atomic E-state index is 0.518. The van der Waals surface area contributed by atoms with Crippen LogP contribution in [0, 0.1) is 0 Å². The minimum atomic E-state index is 0.518. The van der Waals surface area contributed by atoms with Crippen molar-refractivity contribution in [2.24, 2.45) is 0 Å². The van der Waals surface area contributed by atoms with E-state index in [0.717, 1.165) is 22.4 Å². The van der Waals surface area contributed by atoms with Crippen LogP contribution >= 0.6 is 0 Å². The van der Waals surface area contributed by atoms with E-state index in [4.69, 9.17) is 4.74 Å². The largest absolute Gasteiger partial charge is 0.489 e. The normalized spacial score (nSPS) is 10.5. The molecule has 1 nitrogen and oxygen atoms in total. The monoisotopic (exact) mass is 276 g/mol. The summed E-state index contributed by atoms with van der Waals surface area (Å²) in [6.07, 6.45) is 5.55. The average Bonchev–Trinajstić information content (AvgIpc) is 2.52. The number of rotatable bonds is 6. The SMILES string of the molecule is C=C/C=C\COc1cccc(-c2ccccc2)c1C(=C)C. The standard InChI is InChI=1S/C20H20O/c1-4-5-9-15-21-19-14-10-13-18(20(19)16(2)3)17-11-7-6-8-12-17/h4-14H,1-2,15H2,3H3/b9-5-. The van der Waals surface area contributed by atoms with Crippen molar-refractivity contribution in [2.45, 2.75) is 6.92 Å². The molecule has 21 heavy (non-hydrogen) atoms. The Morgan fingerprint density at radius 2 is 1.86 bits per heavy atom. The van der Waals surface area contributed by atoms with E-state index in [1.807, 2.05) is 49.4 Å². The highest BCUT2D eigenvalue weighted by atomic mass is 16.5. The molecule has 0 atom stereocenters. The van der Waals surface area contributed by atoms with Gasteiger partial charge >= 0.3 is 0 Å². The predicted octanol–water partition coefficient (Wildman–Crippen LogP) is 5.51. The van der Waals surface area contributed by atoms with E-state index in [9.17, 15) is 0 Å². The van der Waals surface area contributed by atoms with Crippen LogP contribution in [0.2, 0.25) is 0 Å². The Bertz CT molecular complexity index is 651. The summed E-state index contributed by atoms with van der Waals surface area (Å²) < 4.78 is 5.87. The number of hydrogen-bond acceptors (Lipinski definition) is 1. The zero-order valence-corrected chi connectivity index (χ0v) is 12.4. The highest BCUT2D eigenvalue weighted by molar-refractivity contribution is 5.83.